The summed E-state index contributed by atoms with van der Waals surface area (Å²) in [6, 6.07) is 5.53. The van der Waals surface area contributed by atoms with Gasteiger partial charge in [0.15, 0.2) is 0 Å². The molecule has 0 aliphatic heterocycles. The first-order valence-electron chi connectivity index (χ1n) is 6.46. The van der Waals surface area contributed by atoms with Crippen LogP contribution >= 0.6 is 22.9 Å². The Labute approximate surface area is 134 Å². The molecule has 2 heterocycles. The van der Waals surface area contributed by atoms with Crippen molar-refractivity contribution < 1.29 is 0 Å². The van der Waals surface area contributed by atoms with Crippen LogP contribution in [0.2, 0.25) is 5.02 Å². The summed E-state index contributed by atoms with van der Waals surface area (Å²) in [7, 11) is 3.07. The number of halogens is 1. The average molecular weight is 334 g/mol. The van der Waals surface area contributed by atoms with Crippen LogP contribution in [-0.2, 0) is 14.1 Å². The van der Waals surface area contributed by atoms with E-state index in [0.717, 1.165) is 19.8 Å². The molecule has 0 radical (unpaired) electrons. The van der Waals surface area contributed by atoms with E-state index in [9.17, 15) is 9.59 Å². The number of thiazole rings is 1. The fourth-order valence-electron chi connectivity index (χ4n) is 2.10. The first kappa shape index (κ1) is 14.7. The van der Waals surface area contributed by atoms with Gasteiger partial charge in [-0.05, 0) is 30.4 Å². The molecule has 0 saturated heterocycles. The largest absolute Gasteiger partial charge is 0.330 e. The molecule has 5 nitrogen and oxygen atoms in total. The van der Waals surface area contributed by atoms with Crippen molar-refractivity contribution in [3.63, 3.8) is 0 Å². The highest BCUT2D eigenvalue weighted by Crippen LogP contribution is 2.25. The predicted molar refractivity (Wildman–Crippen MR) is 90.5 cm³/mol. The maximum atomic E-state index is 12.0. The van der Waals surface area contributed by atoms with Gasteiger partial charge < -0.3 is 4.57 Å². The van der Waals surface area contributed by atoms with Crippen molar-refractivity contribution in [3.05, 3.63) is 60.8 Å². The van der Waals surface area contributed by atoms with E-state index in [0.29, 0.717) is 10.6 Å². The van der Waals surface area contributed by atoms with Gasteiger partial charge >= 0.3 is 5.69 Å². The van der Waals surface area contributed by atoms with Gasteiger partial charge in [0.25, 0.3) is 5.56 Å². The molecule has 0 unspecified atom stereocenters. The first-order chi connectivity index (χ1) is 10.5. The van der Waals surface area contributed by atoms with Crippen LogP contribution in [0.15, 0.2) is 34.0 Å². The number of hydrogen-bond donors (Lipinski definition) is 0. The molecule has 0 N–H and O–H groups in total. The fourth-order valence-corrected chi connectivity index (χ4v) is 3.12. The van der Waals surface area contributed by atoms with Crippen molar-refractivity contribution in [2.75, 3.05) is 0 Å². The molecule has 0 amide bonds. The van der Waals surface area contributed by atoms with Crippen LogP contribution in [-0.4, -0.2) is 14.1 Å². The Morgan fingerprint density at radius 2 is 2.00 bits per heavy atom. The molecule has 0 aliphatic rings. The van der Waals surface area contributed by atoms with Crippen LogP contribution in [0.3, 0.4) is 0 Å². The zero-order chi connectivity index (χ0) is 15.9. The van der Waals surface area contributed by atoms with Gasteiger partial charge in [0.1, 0.15) is 5.01 Å². The monoisotopic (exact) mass is 333 g/mol. The second-order valence-corrected chi connectivity index (χ2v) is 6.34. The van der Waals surface area contributed by atoms with Crippen molar-refractivity contribution in [2.24, 2.45) is 14.1 Å². The zero-order valence-electron chi connectivity index (χ0n) is 11.9. The molecule has 0 aliphatic carbocycles. The van der Waals surface area contributed by atoms with Gasteiger partial charge in [-0.25, -0.2) is 9.78 Å². The highest BCUT2D eigenvalue weighted by Gasteiger charge is 2.05. The van der Waals surface area contributed by atoms with Gasteiger partial charge in [-0.15, -0.1) is 11.3 Å². The summed E-state index contributed by atoms with van der Waals surface area (Å²) in [6.45, 7) is 0. The first-order valence-corrected chi connectivity index (χ1v) is 7.66. The number of nitrogens with zero attached hydrogens (tertiary/aromatic N) is 3. The van der Waals surface area contributed by atoms with Gasteiger partial charge in [-0.3, -0.25) is 9.36 Å². The van der Waals surface area contributed by atoms with E-state index < -0.39 is 0 Å². The van der Waals surface area contributed by atoms with E-state index in [1.54, 1.807) is 25.3 Å². The third-order valence-corrected chi connectivity index (χ3v) is 4.48. The normalized spacial score (nSPS) is 11.6. The van der Waals surface area contributed by atoms with Crippen molar-refractivity contribution in [1.29, 1.82) is 0 Å². The third kappa shape index (κ3) is 2.63. The molecule has 112 valence electrons. The van der Waals surface area contributed by atoms with Gasteiger partial charge in [0, 0.05) is 25.3 Å². The molecule has 0 saturated carbocycles. The molecule has 3 aromatic rings. The minimum Gasteiger partial charge on any atom is -0.303 e. The number of aryl methyl sites for hydroxylation is 1. The van der Waals surface area contributed by atoms with Crippen LogP contribution in [0, 0.1) is 0 Å². The Morgan fingerprint density at radius 3 is 2.77 bits per heavy atom. The molecule has 0 fully saturated rings. The lowest BCUT2D eigenvalue weighted by molar-refractivity contribution is 0.683. The summed E-state index contributed by atoms with van der Waals surface area (Å²) < 4.78 is 3.48. The van der Waals surface area contributed by atoms with Crippen LogP contribution in [0.4, 0.5) is 0 Å². The van der Waals surface area contributed by atoms with E-state index in [1.165, 1.54) is 29.1 Å². The van der Waals surface area contributed by atoms with Crippen LogP contribution in [0.5, 0.6) is 0 Å². The maximum Gasteiger partial charge on any atom is 0.330 e. The zero-order valence-corrected chi connectivity index (χ0v) is 13.5. The third-order valence-electron chi connectivity index (χ3n) is 3.24. The number of aromatic nitrogens is 3. The molecule has 0 bridgehead atoms. The number of fused-ring (bicyclic) bond motifs is 1. The SMILES string of the molecule is Cn1cc(/C=C\c2nc3cc(Cl)ccc3s2)c(=O)n(C)c1=O. The van der Waals surface area contributed by atoms with E-state index >= 15 is 0 Å². The van der Waals surface area contributed by atoms with Crippen molar-refractivity contribution in [1.82, 2.24) is 14.1 Å². The molecule has 3 rings (SSSR count). The van der Waals surface area contributed by atoms with Crippen LogP contribution < -0.4 is 11.2 Å². The van der Waals surface area contributed by atoms with Gasteiger partial charge in [0.05, 0.1) is 15.8 Å². The van der Waals surface area contributed by atoms with E-state index in [4.69, 9.17) is 11.6 Å². The summed E-state index contributed by atoms with van der Waals surface area (Å²) in [4.78, 5) is 28.1. The van der Waals surface area contributed by atoms with E-state index in [2.05, 4.69) is 4.98 Å². The van der Waals surface area contributed by atoms with Crippen LogP contribution in [0.25, 0.3) is 22.4 Å². The Kier molecular flexibility index (Phi) is 3.72. The number of benzene rings is 1. The molecule has 22 heavy (non-hydrogen) atoms. The molecular weight excluding hydrogens is 322 g/mol. The molecule has 1 aromatic carbocycles. The molecular formula is C15H12ClN3O2S. The second-order valence-electron chi connectivity index (χ2n) is 4.84. The van der Waals surface area contributed by atoms with Gasteiger partial charge in [-0.1, -0.05) is 11.6 Å². The summed E-state index contributed by atoms with van der Waals surface area (Å²) in [6.07, 6.45) is 4.95. The minimum absolute atomic E-state index is 0.330. The highest BCUT2D eigenvalue weighted by atomic mass is 35.5. The Bertz CT molecular complexity index is 1010. The topological polar surface area (TPSA) is 56.9 Å². The van der Waals surface area contributed by atoms with Gasteiger partial charge in [0.2, 0.25) is 0 Å². The predicted octanol–water partition coefficient (Wildman–Crippen LogP) is 2.52. The number of rotatable bonds is 2. The smallest absolute Gasteiger partial charge is 0.303 e. The Hall–Kier alpha value is -2.18. The Morgan fingerprint density at radius 1 is 1.23 bits per heavy atom. The molecule has 2 aromatic heterocycles. The summed E-state index contributed by atoms with van der Waals surface area (Å²) in [5.74, 6) is 0. The van der Waals surface area contributed by atoms with Crippen molar-refractivity contribution >= 4 is 45.3 Å². The van der Waals surface area contributed by atoms with E-state index in [1.807, 2.05) is 12.1 Å². The van der Waals surface area contributed by atoms with Gasteiger partial charge in [-0.2, -0.15) is 0 Å². The lowest BCUT2D eigenvalue weighted by atomic mass is 10.3. The van der Waals surface area contributed by atoms with Crippen LogP contribution in [0.1, 0.15) is 10.6 Å². The standard InChI is InChI=1S/C15H12ClN3O2S/c1-18-8-9(14(20)19(2)15(18)21)3-6-13-17-11-7-10(16)4-5-12(11)22-13/h3-8H,1-2H3/b6-3-. The minimum atomic E-state index is -0.350. The summed E-state index contributed by atoms with van der Waals surface area (Å²) in [5.41, 5.74) is 0.577. The fraction of sp³-hybridized carbons (Fsp3) is 0.133. The lowest BCUT2D eigenvalue weighted by Gasteiger charge is -2.02. The maximum absolute atomic E-state index is 12.0. The second kappa shape index (κ2) is 5.55. The Balaban J connectivity index is 2.03. The summed E-state index contributed by atoms with van der Waals surface area (Å²) >= 11 is 7.45. The van der Waals surface area contributed by atoms with Crippen molar-refractivity contribution in [3.8, 4) is 0 Å². The quantitative estimate of drug-likeness (QED) is 0.724. The summed E-state index contributed by atoms with van der Waals surface area (Å²) in [5, 5.41) is 1.41. The highest BCUT2D eigenvalue weighted by molar-refractivity contribution is 7.19. The van der Waals surface area contributed by atoms with Crippen molar-refractivity contribution in [2.45, 2.75) is 0 Å². The molecule has 7 heteroatoms. The molecule has 0 spiro atoms. The molecule has 0 atom stereocenters. The average Bonchev–Trinajstić information content (AvgIpc) is 2.89. The van der Waals surface area contributed by atoms with E-state index in [-0.39, 0.29) is 11.2 Å². The number of hydrogen-bond acceptors (Lipinski definition) is 4. The lowest BCUT2D eigenvalue weighted by Crippen LogP contribution is -2.37.